The summed E-state index contributed by atoms with van der Waals surface area (Å²) in [6, 6.07) is 17.0. The van der Waals surface area contributed by atoms with Gasteiger partial charge in [-0.2, -0.15) is 0 Å². The minimum absolute atomic E-state index is 0.0814. The van der Waals surface area contributed by atoms with Gasteiger partial charge in [0.2, 0.25) is 5.78 Å². The van der Waals surface area contributed by atoms with E-state index in [2.05, 4.69) is 5.32 Å². The molecule has 0 aliphatic rings. The fourth-order valence-electron chi connectivity index (χ4n) is 3.09. The van der Waals surface area contributed by atoms with Crippen LogP contribution in [0.5, 0.6) is 5.75 Å². The quantitative estimate of drug-likeness (QED) is 0.417. The Morgan fingerprint density at radius 2 is 1.77 bits per heavy atom. The molecule has 0 bridgehead atoms. The van der Waals surface area contributed by atoms with Crippen molar-refractivity contribution in [2.24, 2.45) is 0 Å². The number of benzene rings is 3. The van der Waals surface area contributed by atoms with Crippen LogP contribution in [-0.2, 0) is 0 Å². The lowest BCUT2D eigenvalue weighted by Gasteiger charge is -2.08. The Labute approximate surface area is 176 Å². The average molecular weight is 424 g/mol. The molecule has 1 aromatic heterocycles. The van der Waals surface area contributed by atoms with E-state index in [1.807, 2.05) is 0 Å². The molecule has 4 aromatic rings. The first-order valence-electron chi connectivity index (χ1n) is 8.95. The van der Waals surface area contributed by atoms with Gasteiger partial charge in [0.05, 0.1) is 23.4 Å². The summed E-state index contributed by atoms with van der Waals surface area (Å²) >= 11 is 6.14. The number of hydrogen-bond donors (Lipinski definition) is 1. The van der Waals surface area contributed by atoms with Crippen molar-refractivity contribution >= 4 is 39.9 Å². The van der Waals surface area contributed by atoms with Gasteiger partial charge in [-0.05, 0) is 42.5 Å². The highest BCUT2D eigenvalue weighted by Gasteiger charge is 2.25. The van der Waals surface area contributed by atoms with Crippen molar-refractivity contribution in [3.05, 3.63) is 94.5 Å². The lowest BCUT2D eigenvalue weighted by molar-refractivity contribution is 0.101. The number of halogens is 2. The van der Waals surface area contributed by atoms with E-state index in [-0.39, 0.29) is 27.6 Å². The zero-order valence-electron chi connectivity index (χ0n) is 15.7. The SMILES string of the molecule is COc1ccc(C(=O)c2oc3ccccc3c2NC(=O)c2ccccc2F)cc1Cl. The molecule has 3 aromatic carbocycles. The van der Waals surface area contributed by atoms with Crippen LogP contribution in [0.2, 0.25) is 5.02 Å². The third-order valence-corrected chi connectivity index (χ3v) is 4.87. The summed E-state index contributed by atoms with van der Waals surface area (Å²) in [6.07, 6.45) is 0. The maximum Gasteiger partial charge on any atom is 0.258 e. The Hall–Kier alpha value is -3.64. The van der Waals surface area contributed by atoms with E-state index < -0.39 is 17.5 Å². The van der Waals surface area contributed by atoms with Gasteiger partial charge in [0.1, 0.15) is 17.1 Å². The Morgan fingerprint density at radius 3 is 2.50 bits per heavy atom. The van der Waals surface area contributed by atoms with Gasteiger partial charge < -0.3 is 14.5 Å². The molecule has 4 rings (SSSR count). The van der Waals surface area contributed by atoms with Gasteiger partial charge >= 0.3 is 0 Å². The van der Waals surface area contributed by atoms with Gasteiger partial charge in [-0.1, -0.05) is 35.9 Å². The highest BCUT2D eigenvalue weighted by molar-refractivity contribution is 6.32. The van der Waals surface area contributed by atoms with Gasteiger partial charge in [0, 0.05) is 10.9 Å². The van der Waals surface area contributed by atoms with Crippen molar-refractivity contribution in [3.8, 4) is 5.75 Å². The van der Waals surface area contributed by atoms with Crippen LogP contribution in [0.15, 0.2) is 71.1 Å². The molecule has 0 fully saturated rings. The van der Waals surface area contributed by atoms with E-state index in [4.69, 9.17) is 20.8 Å². The summed E-state index contributed by atoms with van der Waals surface area (Å²) in [4.78, 5) is 25.8. The van der Waals surface area contributed by atoms with Crippen LogP contribution in [-0.4, -0.2) is 18.8 Å². The molecule has 0 saturated carbocycles. The molecular weight excluding hydrogens is 409 g/mol. The summed E-state index contributed by atoms with van der Waals surface area (Å²) < 4.78 is 24.9. The van der Waals surface area contributed by atoms with Crippen molar-refractivity contribution < 1.29 is 23.1 Å². The van der Waals surface area contributed by atoms with Crippen molar-refractivity contribution in [2.45, 2.75) is 0 Å². The fraction of sp³-hybridized carbons (Fsp3) is 0.0435. The van der Waals surface area contributed by atoms with Crippen LogP contribution < -0.4 is 10.1 Å². The van der Waals surface area contributed by atoms with Crippen LogP contribution in [0.25, 0.3) is 11.0 Å². The molecule has 0 aliphatic heterocycles. The third kappa shape index (κ3) is 3.53. The summed E-state index contributed by atoms with van der Waals surface area (Å²) in [5.74, 6) is -1.51. The average Bonchev–Trinajstić information content (AvgIpc) is 3.11. The van der Waals surface area contributed by atoms with Crippen molar-refractivity contribution in [1.82, 2.24) is 0 Å². The van der Waals surface area contributed by atoms with E-state index in [0.717, 1.165) is 0 Å². The number of methoxy groups -OCH3 is 1. The highest BCUT2D eigenvalue weighted by Crippen LogP contribution is 2.34. The molecule has 150 valence electrons. The van der Waals surface area contributed by atoms with Gasteiger partial charge in [0.25, 0.3) is 5.91 Å². The van der Waals surface area contributed by atoms with Crippen LogP contribution >= 0.6 is 11.6 Å². The maximum absolute atomic E-state index is 14.0. The smallest absolute Gasteiger partial charge is 0.258 e. The molecule has 0 aliphatic carbocycles. The summed E-state index contributed by atoms with van der Waals surface area (Å²) in [6.45, 7) is 0. The van der Waals surface area contributed by atoms with Gasteiger partial charge in [0.15, 0.2) is 5.76 Å². The molecule has 5 nitrogen and oxygen atoms in total. The second-order valence-corrected chi connectivity index (χ2v) is 6.82. The molecule has 30 heavy (non-hydrogen) atoms. The zero-order chi connectivity index (χ0) is 21.3. The number of ketones is 1. The number of fused-ring (bicyclic) bond motifs is 1. The number of nitrogens with one attached hydrogen (secondary N) is 1. The molecule has 0 spiro atoms. The Morgan fingerprint density at radius 1 is 1.03 bits per heavy atom. The van der Waals surface area contributed by atoms with E-state index >= 15 is 0 Å². The van der Waals surface area contributed by atoms with Crippen molar-refractivity contribution in [2.75, 3.05) is 12.4 Å². The molecular formula is C23H15ClFNO4. The Kier molecular flexibility index (Phi) is 5.25. The highest BCUT2D eigenvalue weighted by atomic mass is 35.5. The van der Waals surface area contributed by atoms with Crippen molar-refractivity contribution in [1.29, 1.82) is 0 Å². The maximum atomic E-state index is 14.0. The largest absolute Gasteiger partial charge is 0.495 e. The predicted molar refractivity (Wildman–Crippen MR) is 112 cm³/mol. The Balaban J connectivity index is 1.79. The van der Waals surface area contributed by atoms with Gasteiger partial charge in [-0.25, -0.2) is 4.39 Å². The van der Waals surface area contributed by atoms with Crippen molar-refractivity contribution in [3.63, 3.8) is 0 Å². The number of furan rings is 1. The standard InChI is InChI=1S/C23H15ClFNO4/c1-29-19-11-10-13(12-16(19)24)21(27)22-20(15-7-3-5-9-18(15)30-22)26-23(28)14-6-2-4-8-17(14)25/h2-12H,1H3,(H,26,28). The zero-order valence-corrected chi connectivity index (χ0v) is 16.5. The monoisotopic (exact) mass is 423 g/mol. The minimum Gasteiger partial charge on any atom is -0.495 e. The molecule has 7 heteroatoms. The molecule has 0 saturated heterocycles. The fourth-order valence-corrected chi connectivity index (χ4v) is 3.35. The Bertz CT molecular complexity index is 1280. The molecule has 0 atom stereocenters. The van der Waals surface area contributed by atoms with E-state index in [9.17, 15) is 14.0 Å². The summed E-state index contributed by atoms with van der Waals surface area (Å²) in [5.41, 5.74) is 0.676. The van der Waals surface area contributed by atoms with Gasteiger partial charge in [-0.15, -0.1) is 0 Å². The third-order valence-electron chi connectivity index (χ3n) is 4.57. The number of carbonyl (C=O) groups excluding carboxylic acids is 2. The number of carbonyl (C=O) groups is 2. The summed E-state index contributed by atoms with van der Waals surface area (Å²) in [5, 5.41) is 3.41. The lowest BCUT2D eigenvalue weighted by Crippen LogP contribution is -2.15. The molecule has 1 N–H and O–H groups in total. The van der Waals surface area contributed by atoms with E-state index in [1.165, 1.54) is 31.4 Å². The molecule has 0 radical (unpaired) electrons. The second-order valence-electron chi connectivity index (χ2n) is 6.41. The number of anilines is 1. The predicted octanol–water partition coefficient (Wildman–Crippen LogP) is 5.72. The number of amides is 1. The van der Waals surface area contributed by atoms with Gasteiger partial charge in [-0.3, -0.25) is 9.59 Å². The number of para-hydroxylation sites is 1. The first kappa shape index (κ1) is 19.7. The van der Waals surface area contributed by atoms with Crippen LogP contribution in [0.3, 0.4) is 0 Å². The minimum atomic E-state index is -0.693. The normalized spacial score (nSPS) is 10.8. The lowest BCUT2D eigenvalue weighted by atomic mass is 10.1. The topological polar surface area (TPSA) is 68.5 Å². The first-order valence-corrected chi connectivity index (χ1v) is 9.33. The van der Waals surface area contributed by atoms with E-state index in [1.54, 1.807) is 42.5 Å². The number of hydrogen-bond acceptors (Lipinski definition) is 4. The van der Waals surface area contributed by atoms with Crippen LogP contribution in [0.4, 0.5) is 10.1 Å². The summed E-state index contributed by atoms with van der Waals surface area (Å²) in [7, 11) is 1.47. The second kappa shape index (κ2) is 8.00. The van der Waals surface area contributed by atoms with Crippen LogP contribution in [0, 0.1) is 5.82 Å². The number of rotatable bonds is 5. The first-order chi connectivity index (χ1) is 14.5. The molecule has 1 amide bonds. The number of ether oxygens (including phenoxy) is 1. The van der Waals surface area contributed by atoms with E-state index in [0.29, 0.717) is 16.7 Å². The molecule has 1 heterocycles. The molecule has 0 unspecified atom stereocenters. The van der Waals surface area contributed by atoms with Crippen LogP contribution in [0.1, 0.15) is 26.5 Å².